The fourth-order valence-corrected chi connectivity index (χ4v) is 1.51. The fraction of sp³-hybridized carbons (Fsp3) is 0.154. The van der Waals surface area contributed by atoms with Gasteiger partial charge < -0.3 is 10.5 Å². The van der Waals surface area contributed by atoms with Gasteiger partial charge in [0, 0.05) is 18.3 Å². The van der Waals surface area contributed by atoms with E-state index < -0.39 is 5.82 Å². The van der Waals surface area contributed by atoms with Gasteiger partial charge in [0.2, 0.25) is 0 Å². The summed E-state index contributed by atoms with van der Waals surface area (Å²) in [6.07, 6.45) is 1.67. The lowest BCUT2D eigenvalue weighted by Crippen LogP contribution is -2.05. The Hall–Kier alpha value is -1.94. The smallest absolute Gasteiger partial charge is 0.165 e. The molecule has 2 aromatic rings. The molecule has 2 rings (SSSR count). The Bertz CT molecular complexity index is 488. The second-order valence-corrected chi connectivity index (χ2v) is 3.54. The summed E-state index contributed by atoms with van der Waals surface area (Å²) < 4.78 is 19.0. The molecule has 0 aliphatic heterocycles. The molecule has 0 atom stereocenters. The number of halogens is 1. The summed E-state index contributed by atoms with van der Waals surface area (Å²) in [5.74, 6) is -0.190. The Balaban J connectivity index is 2.14. The number of aromatic nitrogens is 1. The predicted molar refractivity (Wildman–Crippen MR) is 62.9 cm³/mol. The quantitative estimate of drug-likeness (QED) is 0.879. The molecule has 2 N–H and O–H groups in total. The van der Waals surface area contributed by atoms with Crippen LogP contribution in [-0.2, 0) is 13.2 Å². The number of pyridine rings is 1. The highest BCUT2D eigenvalue weighted by atomic mass is 19.1. The van der Waals surface area contributed by atoms with Crippen LogP contribution in [-0.4, -0.2) is 4.98 Å². The van der Waals surface area contributed by atoms with Crippen molar-refractivity contribution in [3.05, 3.63) is 59.7 Å². The highest BCUT2D eigenvalue weighted by Gasteiger charge is 2.08. The van der Waals surface area contributed by atoms with Crippen molar-refractivity contribution in [1.29, 1.82) is 0 Å². The molecule has 0 unspecified atom stereocenters. The van der Waals surface area contributed by atoms with E-state index in [1.54, 1.807) is 18.3 Å². The zero-order valence-electron chi connectivity index (χ0n) is 9.27. The summed E-state index contributed by atoms with van der Waals surface area (Å²) in [7, 11) is 0. The molecule has 88 valence electrons. The summed E-state index contributed by atoms with van der Waals surface area (Å²) in [6, 6.07) is 10.2. The highest BCUT2D eigenvalue weighted by Crippen LogP contribution is 2.22. The van der Waals surface area contributed by atoms with E-state index in [0.717, 1.165) is 5.69 Å². The molecule has 0 amide bonds. The lowest BCUT2D eigenvalue weighted by atomic mass is 10.2. The van der Waals surface area contributed by atoms with E-state index in [-0.39, 0.29) is 18.9 Å². The van der Waals surface area contributed by atoms with Crippen molar-refractivity contribution in [1.82, 2.24) is 4.98 Å². The summed E-state index contributed by atoms with van der Waals surface area (Å²) >= 11 is 0. The van der Waals surface area contributed by atoms with Crippen LogP contribution in [0.5, 0.6) is 5.75 Å². The molecular weight excluding hydrogens is 219 g/mol. The lowest BCUT2D eigenvalue weighted by molar-refractivity contribution is 0.282. The zero-order chi connectivity index (χ0) is 12.1. The van der Waals surface area contributed by atoms with Crippen LogP contribution < -0.4 is 10.5 Å². The number of ether oxygens (including phenoxy) is 1. The summed E-state index contributed by atoms with van der Waals surface area (Å²) in [6.45, 7) is 0.476. The molecule has 17 heavy (non-hydrogen) atoms. The standard InChI is InChI=1S/C13H13FN2O/c14-12-6-3-4-10(8-15)13(12)17-9-11-5-1-2-7-16-11/h1-7H,8-9,15H2. The maximum absolute atomic E-state index is 13.5. The van der Waals surface area contributed by atoms with Crippen molar-refractivity contribution in [2.75, 3.05) is 0 Å². The summed E-state index contributed by atoms with van der Waals surface area (Å²) in [5.41, 5.74) is 6.93. The average Bonchev–Trinajstić information content (AvgIpc) is 2.38. The van der Waals surface area contributed by atoms with Crippen LogP contribution in [0.1, 0.15) is 11.3 Å². The number of rotatable bonds is 4. The average molecular weight is 232 g/mol. The van der Waals surface area contributed by atoms with Gasteiger partial charge in [-0.3, -0.25) is 4.98 Å². The molecule has 0 aliphatic rings. The third kappa shape index (κ3) is 2.79. The highest BCUT2D eigenvalue weighted by molar-refractivity contribution is 5.34. The SMILES string of the molecule is NCc1cccc(F)c1OCc1ccccn1. The normalized spacial score (nSPS) is 10.2. The van der Waals surface area contributed by atoms with Gasteiger partial charge in [0.15, 0.2) is 11.6 Å². The van der Waals surface area contributed by atoms with E-state index in [0.29, 0.717) is 5.56 Å². The van der Waals surface area contributed by atoms with Crippen molar-refractivity contribution >= 4 is 0 Å². The predicted octanol–water partition coefficient (Wildman–Crippen LogP) is 2.26. The van der Waals surface area contributed by atoms with Gasteiger partial charge in [-0.1, -0.05) is 18.2 Å². The zero-order valence-corrected chi connectivity index (χ0v) is 9.27. The first-order chi connectivity index (χ1) is 8.31. The molecular formula is C13H13FN2O. The van der Waals surface area contributed by atoms with Gasteiger partial charge in [-0.25, -0.2) is 4.39 Å². The van der Waals surface area contributed by atoms with Crippen LogP contribution in [0.15, 0.2) is 42.6 Å². The van der Waals surface area contributed by atoms with E-state index in [2.05, 4.69) is 4.98 Å². The number of nitrogens with two attached hydrogens (primary N) is 1. The lowest BCUT2D eigenvalue weighted by Gasteiger charge is -2.10. The second kappa shape index (κ2) is 5.41. The number of benzene rings is 1. The summed E-state index contributed by atoms with van der Waals surface area (Å²) in [4.78, 5) is 4.10. The van der Waals surface area contributed by atoms with Crippen LogP contribution in [0, 0.1) is 5.82 Å². The molecule has 0 aliphatic carbocycles. The van der Waals surface area contributed by atoms with E-state index in [1.807, 2.05) is 18.2 Å². The molecule has 1 heterocycles. The van der Waals surface area contributed by atoms with Gasteiger partial charge >= 0.3 is 0 Å². The molecule has 1 aromatic carbocycles. The maximum Gasteiger partial charge on any atom is 0.165 e. The molecule has 0 fully saturated rings. The topological polar surface area (TPSA) is 48.1 Å². The van der Waals surface area contributed by atoms with Gasteiger partial charge in [0.1, 0.15) is 6.61 Å². The first-order valence-electron chi connectivity index (χ1n) is 5.31. The third-order valence-electron chi connectivity index (χ3n) is 2.36. The van der Waals surface area contributed by atoms with Gasteiger partial charge in [-0.05, 0) is 18.2 Å². The number of hydrogen-bond donors (Lipinski definition) is 1. The van der Waals surface area contributed by atoms with Gasteiger partial charge in [-0.2, -0.15) is 0 Å². The van der Waals surface area contributed by atoms with Crippen molar-refractivity contribution in [3.8, 4) is 5.75 Å². The molecule has 1 aromatic heterocycles. The van der Waals surface area contributed by atoms with Crippen LogP contribution in [0.2, 0.25) is 0 Å². The van der Waals surface area contributed by atoms with E-state index >= 15 is 0 Å². The Kier molecular flexibility index (Phi) is 3.67. The number of nitrogens with zero attached hydrogens (tertiary/aromatic N) is 1. The van der Waals surface area contributed by atoms with Gasteiger partial charge in [0.05, 0.1) is 5.69 Å². The monoisotopic (exact) mass is 232 g/mol. The van der Waals surface area contributed by atoms with Crippen molar-refractivity contribution in [2.24, 2.45) is 5.73 Å². The van der Waals surface area contributed by atoms with E-state index in [4.69, 9.17) is 10.5 Å². The number of hydrogen-bond acceptors (Lipinski definition) is 3. The second-order valence-electron chi connectivity index (χ2n) is 3.54. The molecule has 0 saturated carbocycles. The Morgan fingerprint density at radius 1 is 1.18 bits per heavy atom. The first-order valence-corrected chi connectivity index (χ1v) is 5.31. The van der Waals surface area contributed by atoms with Crippen LogP contribution >= 0.6 is 0 Å². The molecule has 4 heteroatoms. The van der Waals surface area contributed by atoms with Gasteiger partial charge in [0.25, 0.3) is 0 Å². The van der Waals surface area contributed by atoms with E-state index in [1.165, 1.54) is 6.07 Å². The fourth-order valence-electron chi connectivity index (χ4n) is 1.51. The molecule has 3 nitrogen and oxygen atoms in total. The maximum atomic E-state index is 13.5. The molecule has 0 spiro atoms. The van der Waals surface area contributed by atoms with Crippen molar-refractivity contribution in [2.45, 2.75) is 13.2 Å². The molecule has 0 bridgehead atoms. The minimum atomic E-state index is -0.399. The van der Waals surface area contributed by atoms with Crippen LogP contribution in [0.3, 0.4) is 0 Å². The molecule has 0 saturated heterocycles. The van der Waals surface area contributed by atoms with Crippen molar-refractivity contribution < 1.29 is 9.13 Å². The third-order valence-corrected chi connectivity index (χ3v) is 2.36. The Morgan fingerprint density at radius 2 is 2.06 bits per heavy atom. The number of para-hydroxylation sites is 1. The van der Waals surface area contributed by atoms with Crippen LogP contribution in [0.25, 0.3) is 0 Å². The van der Waals surface area contributed by atoms with Crippen molar-refractivity contribution in [3.63, 3.8) is 0 Å². The Morgan fingerprint density at radius 3 is 2.76 bits per heavy atom. The minimum Gasteiger partial charge on any atom is -0.484 e. The minimum absolute atomic E-state index is 0.209. The van der Waals surface area contributed by atoms with Crippen LogP contribution in [0.4, 0.5) is 4.39 Å². The first kappa shape index (κ1) is 11.5. The molecule has 0 radical (unpaired) electrons. The summed E-state index contributed by atoms with van der Waals surface area (Å²) in [5, 5.41) is 0. The van der Waals surface area contributed by atoms with Gasteiger partial charge in [-0.15, -0.1) is 0 Å². The van der Waals surface area contributed by atoms with E-state index in [9.17, 15) is 4.39 Å². The largest absolute Gasteiger partial charge is 0.484 e. The Labute approximate surface area is 99.1 Å².